The van der Waals surface area contributed by atoms with Gasteiger partial charge in [0.2, 0.25) is 0 Å². The van der Waals surface area contributed by atoms with Crippen molar-refractivity contribution in [1.29, 1.82) is 0 Å². The number of hydrogen-bond donors (Lipinski definition) is 0. The Kier molecular flexibility index (Phi) is 8.68. The van der Waals surface area contributed by atoms with Crippen molar-refractivity contribution in [2.24, 2.45) is 0 Å². The largest absolute Gasteiger partial charge is 0.497 e. The van der Waals surface area contributed by atoms with Crippen LogP contribution >= 0.6 is 23.7 Å². The summed E-state index contributed by atoms with van der Waals surface area (Å²) in [6.07, 6.45) is 7.14. The van der Waals surface area contributed by atoms with Crippen molar-refractivity contribution in [3.63, 3.8) is 0 Å². The lowest BCUT2D eigenvalue weighted by Crippen LogP contribution is -2.36. The number of aryl methyl sites for hydroxylation is 2. The second kappa shape index (κ2) is 11.7. The molecular weight excluding hydrogens is 460 g/mol. The van der Waals surface area contributed by atoms with Gasteiger partial charge < -0.3 is 14.0 Å². The summed E-state index contributed by atoms with van der Waals surface area (Å²) in [7, 11) is 1.61. The Labute approximate surface area is 203 Å². The average Bonchev–Trinajstić information content (AvgIpc) is 3.50. The number of fused-ring (bicyclic) bond motifs is 1. The molecular formula is C24H27ClN4O3S. The Hall–Kier alpha value is -3.10. The van der Waals surface area contributed by atoms with Crippen LogP contribution in [0.4, 0.5) is 5.13 Å². The number of carbonyl (C=O) groups excluding carboxylic acids is 1. The highest BCUT2D eigenvalue weighted by Gasteiger charge is 2.21. The number of carbonyl (C=O) groups is 1. The van der Waals surface area contributed by atoms with Gasteiger partial charge in [-0.3, -0.25) is 9.69 Å². The first-order valence-electron chi connectivity index (χ1n) is 10.6. The van der Waals surface area contributed by atoms with Crippen LogP contribution in [0.2, 0.25) is 0 Å². The topological polar surface area (TPSA) is 69.5 Å². The lowest BCUT2D eigenvalue weighted by atomic mass is 10.1. The molecule has 4 aromatic rings. The number of imidazole rings is 1. The monoisotopic (exact) mass is 486 g/mol. The minimum Gasteiger partial charge on any atom is -0.497 e. The molecule has 9 heteroatoms. The van der Waals surface area contributed by atoms with E-state index in [0.717, 1.165) is 35.4 Å². The number of amides is 1. The van der Waals surface area contributed by atoms with Gasteiger partial charge in [0.1, 0.15) is 11.5 Å². The van der Waals surface area contributed by atoms with E-state index in [1.165, 1.54) is 5.56 Å². The van der Waals surface area contributed by atoms with E-state index in [0.29, 0.717) is 17.4 Å². The minimum atomic E-state index is -0.122. The molecule has 0 aliphatic heterocycles. The van der Waals surface area contributed by atoms with Crippen molar-refractivity contribution in [3.05, 3.63) is 66.7 Å². The van der Waals surface area contributed by atoms with Crippen LogP contribution < -0.4 is 14.4 Å². The summed E-state index contributed by atoms with van der Waals surface area (Å²) in [5, 5.41) is 0.704. The van der Waals surface area contributed by atoms with Gasteiger partial charge in [-0.15, -0.1) is 12.4 Å². The Balaban J connectivity index is 0.00000306. The minimum absolute atomic E-state index is 0. The fraction of sp³-hybridized carbons (Fsp3) is 0.292. The van der Waals surface area contributed by atoms with E-state index in [2.05, 4.69) is 24.0 Å². The van der Waals surface area contributed by atoms with Gasteiger partial charge in [0.05, 0.1) is 23.7 Å². The standard InChI is InChI=1S/C24H26N4O3S.ClH/c1-3-18-6-4-7-21-23(18)26-24(32-21)28(14-5-13-27-15-12-25-17-27)22(29)16-31-20-10-8-19(30-2)9-11-20;/h4,6-12,15,17H,3,5,13-14,16H2,1-2H3;1H. The molecule has 2 heterocycles. The molecule has 0 N–H and O–H groups in total. The molecule has 174 valence electrons. The number of rotatable bonds is 10. The fourth-order valence-electron chi connectivity index (χ4n) is 3.45. The number of hydrogen-bond acceptors (Lipinski definition) is 6. The van der Waals surface area contributed by atoms with Crippen LogP contribution in [0.25, 0.3) is 10.2 Å². The molecule has 0 fully saturated rings. The predicted molar refractivity (Wildman–Crippen MR) is 134 cm³/mol. The maximum atomic E-state index is 13.2. The van der Waals surface area contributed by atoms with Gasteiger partial charge in [0, 0.05) is 25.5 Å². The molecule has 0 spiro atoms. The number of para-hydroxylation sites is 1. The summed E-state index contributed by atoms with van der Waals surface area (Å²) in [4.78, 5) is 23.8. The van der Waals surface area contributed by atoms with Gasteiger partial charge in [-0.1, -0.05) is 30.4 Å². The summed E-state index contributed by atoms with van der Waals surface area (Å²) in [6, 6.07) is 13.4. The van der Waals surface area contributed by atoms with Gasteiger partial charge in [0.25, 0.3) is 5.91 Å². The molecule has 2 aromatic heterocycles. The number of halogens is 1. The van der Waals surface area contributed by atoms with Crippen LogP contribution in [0.15, 0.2) is 61.2 Å². The van der Waals surface area contributed by atoms with Crippen molar-refractivity contribution in [2.45, 2.75) is 26.3 Å². The number of ether oxygens (including phenoxy) is 2. The number of methoxy groups -OCH3 is 1. The molecule has 0 saturated heterocycles. The zero-order valence-electron chi connectivity index (χ0n) is 18.6. The van der Waals surface area contributed by atoms with E-state index in [4.69, 9.17) is 14.5 Å². The van der Waals surface area contributed by atoms with Crippen LogP contribution in [0.5, 0.6) is 11.5 Å². The Morgan fingerprint density at radius 1 is 1.15 bits per heavy atom. The highest BCUT2D eigenvalue weighted by atomic mass is 35.5. The number of anilines is 1. The Bertz CT molecular complexity index is 1160. The summed E-state index contributed by atoms with van der Waals surface area (Å²) in [6.45, 7) is 3.37. The van der Waals surface area contributed by atoms with Crippen molar-refractivity contribution in [3.8, 4) is 11.5 Å². The van der Waals surface area contributed by atoms with Crippen LogP contribution in [0.3, 0.4) is 0 Å². The van der Waals surface area contributed by atoms with Crippen LogP contribution in [0.1, 0.15) is 18.9 Å². The van der Waals surface area contributed by atoms with E-state index < -0.39 is 0 Å². The molecule has 7 nitrogen and oxygen atoms in total. The first-order chi connectivity index (χ1) is 15.7. The van der Waals surface area contributed by atoms with Gasteiger partial charge in [-0.05, 0) is 48.7 Å². The first-order valence-corrected chi connectivity index (χ1v) is 11.4. The second-order valence-corrected chi connectivity index (χ2v) is 8.29. The van der Waals surface area contributed by atoms with Crippen molar-refractivity contribution >= 4 is 45.0 Å². The zero-order chi connectivity index (χ0) is 22.3. The third kappa shape index (κ3) is 6.03. The van der Waals surface area contributed by atoms with Gasteiger partial charge in [0.15, 0.2) is 11.7 Å². The van der Waals surface area contributed by atoms with Gasteiger partial charge in [-0.2, -0.15) is 0 Å². The smallest absolute Gasteiger partial charge is 0.266 e. The molecule has 0 unspecified atom stereocenters. The molecule has 0 aliphatic carbocycles. The summed E-state index contributed by atoms with van der Waals surface area (Å²) >= 11 is 1.54. The normalized spacial score (nSPS) is 10.6. The van der Waals surface area contributed by atoms with Crippen molar-refractivity contribution < 1.29 is 14.3 Å². The molecule has 0 radical (unpaired) electrons. The molecule has 1 amide bonds. The average molecular weight is 487 g/mol. The summed E-state index contributed by atoms with van der Waals surface area (Å²) in [5.41, 5.74) is 2.16. The predicted octanol–water partition coefficient (Wildman–Crippen LogP) is 4.99. The van der Waals surface area contributed by atoms with E-state index >= 15 is 0 Å². The molecule has 0 atom stereocenters. The van der Waals surface area contributed by atoms with E-state index in [9.17, 15) is 4.79 Å². The quantitative estimate of drug-likeness (QED) is 0.316. The molecule has 2 aromatic carbocycles. The van der Waals surface area contributed by atoms with Crippen LogP contribution in [-0.4, -0.2) is 40.7 Å². The molecule has 0 bridgehead atoms. The van der Waals surface area contributed by atoms with Crippen molar-refractivity contribution in [1.82, 2.24) is 14.5 Å². The SMILES string of the molecule is CCc1cccc2sc(N(CCCn3ccnc3)C(=O)COc3ccc(OC)cc3)nc12.Cl. The van der Waals surface area contributed by atoms with Crippen LogP contribution in [0, 0.1) is 0 Å². The fourth-order valence-corrected chi connectivity index (χ4v) is 4.50. The maximum absolute atomic E-state index is 13.2. The van der Waals surface area contributed by atoms with E-state index in [1.54, 1.807) is 48.0 Å². The number of aromatic nitrogens is 3. The summed E-state index contributed by atoms with van der Waals surface area (Å²) < 4.78 is 14.0. The third-order valence-corrected chi connectivity index (χ3v) is 6.23. The zero-order valence-corrected chi connectivity index (χ0v) is 20.3. The molecule has 4 rings (SSSR count). The third-order valence-electron chi connectivity index (χ3n) is 5.18. The lowest BCUT2D eigenvalue weighted by Gasteiger charge is -2.20. The molecule has 33 heavy (non-hydrogen) atoms. The van der Waals surface area contributed by atoms with Crippen LogP contribution in [-0.2, 0) is 17.8 Å². The van der Waals surface area contributed by atoms with Crippen molar-refractivity contribution in [2.75, 3.05) is 25.2 Å². The lowest BCUT2D eigenvalue weighted by molar-refractivity contribution is -0.120. The molecule has 0 aliphatic rings. The Morgan fingerprint density at radius 2 is 1.94 bits per heavy atom. The number of nitrogens with zero attached hydrogens (tertiary/aromatic N) is 4. The summed E-state index contributed by atoms with van der Waals surface area (Å²) in [5.74, 6) is 1.24. The Morgan fingerprint density at radius 3 is 2.64 bits per heavy atom. The first kappa shape index (κ1) is 24.5. The number of thiazole rings is 1. The highest BCUT2D eigenvalue weighted by Crippen LogP contribution is 2.31. The van der Waals surface area contributed by atoms with Gasteiger partial charge >= 0.3 is 0 Å². The molecule has 0 saturated carbocycles. The van der Waals surface area contributed by atoms with Gasteiger partial charge in [-0.25, -0.2) is 9.97 Å². The highest BCUT2D eigenvalue weighted by molar-refractivity contribution is 7.22. The van der Waals surface area contributed by atoms with E-state index in [1.807, 2.05) is 29.0 Å². The maximum Gasteiger partial charge on any atom is 0.266 e. The number of benzene rings is 2. The van der Waals surface area contributed by atoms with E-state index in [-0.39, 0.29) is 24.9 Å². The second-order valence-electron chi connectivity index (χ2n) is 7.28.